The molecule has 0 aromatic carbocycles. The summed E-state index contributed by atoms with van der Waals surface area (Å²) < 4.78 is 57.2. The molecule has 0 saturated carbocycles. The maximum absolute atomic E-state index is 13.9. The molecular weight excluding hydrogens is 380 g/mol. The lowest BCUT2D eigenvalue weighted by atomic mass is 9.94. The second kappa shape index (κ2) is 6.59. The Kier molecular flexibility index (Phi) is 4.49. The molecule has 146 valence electrons. The monoisotopic (exact) mass is 399 g/mol. The maximum atomic E-state index is 13.9. The highest BCUT2D eigenvalue weighted by Crippen LogP contribution is 2.33. The van der Waals surface area contributed by atoms with Gasteiger partial charge in [0.2, 0.25) is 5.95 Å². The van der Waals surface area contributed by atoms with Crippen molar-refractivity contribution in [1.29, 1.82) is 0 Å². The fourth-order valence-electron chi connectivity index (χ4n) is 3.64. The Bertz CT molecular complexity index is 957. The predicted molar refractivity (Wildman–Crippen MR) is 90.9 cm³/mol. The molecule has 0 amide bonds. The predicted octanol–water partition coefficient (Wildman–Crippen LogP) is 0.537. The first-order chi connectivity index (χ1) is 12.7. The van der Waals surface area contributed by atoms with E-state index in [1.807, 2.05) is 0 Å². The summed E-state index contributed by atoms with van der Waals surface area (Å²) in [6.45, 7) is 1.32. The number of halogens is 2. The molecule has 11 heteroatoms. The SMILES string of the molecule is CS(=O)(=O)n1cc2c(n1)CN([C@H]1CO[C@H](c3cc(F)cnc3F)[C@@H](N)C1)C2. The van der Waals surface area contributed by atoms with Crippen molar-refractivity contribution in [2.75, 3.05) is 12.9 Å². The molecular formula is C16H19F2N5O3S. The van der Waals surface area contributed by atoms with E-state index in [4.69, 9.17) is 10.5 Å². The van der Waals surface area contributed by atoms with Crippen LogP contribution >= 0.6 is 0 Å². The topological polar surface area (TPSA) is 103 Å². The van der Waals surface area contributed by atoms with Crippen LogP contribution in [0.25, 0.3) is 0 Å². The minimum Gasteiger partial charge on any atom is -0.370 e. The molecule has 0 spiro atoms. The van der Waals surface area contributed by atoms with E-state index < -0.39 is 33.9 Å². The van der Waals surface area contributed by atoms with Crippen molar-refractivity contribution in [3.05, 3.63) is 47.0 Å². The molecule has 2 aliphatic heterocycles. The van der Waals surface area contributed by atoms with Gasteiger partial charge in [0.15, 0.2) is 0 Å². The first kappa shape index (κ1) is 18.4. The third-order valence-electron chi connectivity index (χ3n) is 4.98. The molecule has 0 unspecified atom stereocenters. The average Bonchev–Trinajstić information content (AvgIpc) is 3.16. The Labute approximate surface area is 155 Å². The fourth-order valence-corrected chi connectivity index (χ4v) is 4.20. The number of rotatable bonds is 3. The minimum absolute atomic E-state index is 0.0233. The summed E-state index contributed by atoms with van der Waals surface area (Å²) in [5.74, 6) is -1.43. The molecule has 0 aliphatic carbocycles. The van der Waals surface area contributed by atoms with Crippen molar-refractivity contribution in [2.24, 2.45) is 5.73 Å². The molecule has 27 heavy (non-hydrogen) atoms. The van der Waals surface area contributed by atoms with Gasteiger partial charge in [0.1, 0.15) is 11.9 Å². The Balaban J connectivity index is 1.44. The first-order valence-electron chi connectivity index (χ1n) is 8.42. The Morgan fingerprint density at radius 1 is 1.33 bits per heavy atom. The number of ether oxygens (including phenoxy) is 1. The van der Waals surface area contributed by atoms with Gasteiger partial charge in [0.05, 0.1) is 24.8 Å². The second-order valence-electron chi connectivity index (χ2n) is 6.98. The molecule has 2 aromatic heterocycles. The highest BCUT2D eigenvalue weighted by atomic mass is 32.2. The van der Waals surface area contributed by atoms with E-state index in [1.165, 1.54) is 6.20 Å². The molecule has 1 fully saturated rings. The number of nitrogens with two attached hydrogens (primary N) is 1. The molecule has 3 atom stereocenters. The number of nitrogens with zero attached hydrogens (tertiary/aromatic N) is 4. The highest BCUT2D eigenvalue weighted by molar-refractivity contribution is 7.89. The summed E-state index contributed by atoms with van der Waals surface area (Å²) in [6.07, 6.45) is 3.19. The van der Waals surface area contributed by atoms with Crippen LogP contribution in [0.15, 0.2) is 18.5 Å². The maximum Gasteiger partial charge on any atom is 0.250 e. The number of aromatic nitrogens is 3. The van der Waals surface area contributed by atoms with Crippen molar-refractivity contribution in [3.8, 4) is 0 Å². The molecule has 0 radical (unpaired) electrons. The average molecular weight is 399 g/mol. The van der Waals surface area contributed by atoms with E-state index in [-0.39, 0.29) is 11.6 Å². The van der Waals surface area contributed by atoms with Gasteiger partial charge in [-0.15, -0.1) is 0 Å². The molecule has 0 bridgehead atoms. The third kappa shape index (κ3) is 3.47. The van der Waals surface area contributed by atoms with Gasteiger partial charge < -0.3 is 10.5 Å². The number of fused-ring (bicyclic) bond motifs is 1. The lowest BCUT2D eigenvalue weighted by Gasteiger charge is -2.38. The Hall–Kier alpha value is -1.95. The van der Waals surface area contributed by atoms with E-state index >= 15 is 0 Å². The van der Waals surface area contributed by atoms with Crippen LogP contribution in [0.5, 0.6) is 0 Å². The van der Waals surface area contributed by atoms with Gasteiger partial charge in [0, 0.05) is 42.5 Å². The standard InChI is InChI=1S/C16H19F2N5O3S/c1-27(24,25)23-6-9-5-22(7-14(9)21-23)11-3-13(19)15(26-8-11)12-2-10(17)4-20-16(12)18/h2,4,6,11,13,15H,3,5,7-8,19H2,1H3/t11-,13+,15-/m1/s1. The Morgan fingerprint density at radius 3 is 2.78 bits per heavy atom. The normalized spacial score (nSPS) is 26.3. The first-order valence-corrected chi connectivity index (χ1v) is 10.3. The van der Waals surface area contributed by atoms with Gasteiger partial charge in [0.25, 0.3) is 10.0 Å². The van der Waals surface area contributed by atoms with E-state index in [0.29, 0.717) is 31.8 Å². The summed E-state index contributed by atoms with van der Waals surface area (Å²) in [7, 11) is -3.41. The summed E-state index contributed by atoms with van der Waals surface area (Å²) in [5, 5.41) is 4.13. The summed E-state index contributed by atoms with van der Waals surface area (Å²) in [5.41, 5.74) is 7.75. The van der Waals surface area contributed by atoms with Crippen LogP contribution in [-0.4, -0.2) is 52.4 Å². The Morgan fingerprint density at radius 2 is 2.11 bits per heavy atom. The van der Waals surface area contributed by atoms with Crippen LogP contribution in [0.2, 0.25) is 0 Å². The zero-order chi connectivity index (χ0) is 19.3. The van der Waals surface area contributed by atoms with Crippen molar-refractivity contribution >= 4 is 10.0 Å². The van der Waals surface area contributed by atoms with Crippen LogP contribution in [0.3, 0.4) is 0 Å². The fraction of sp³-hybridized carbons (Fsp3) is 0.500. The highest BCUT2D eigenvalue weighted by Gasteiger charge is 2.37. The molecule has 1 saturated heterocycles. The van der Waals surface area contributed by atoms with Crippen molar-refractivity contribution in [1.82, 2.24) is 19.1 Å². The van der Waals surface area contributed by atoms with Gasteiger partial charge >= 0.3 is 0 Å². The van der Waals surface area contributed by atoms with Gasteiger partial charge in [-0.3, -0.25) is 4.90 Å². The summed E-state index contributed by atoms with van der Waals surface area (Å²) in [6, 6.07) is 0.514. The molecule has 4 heterocycles. The number of pyridine rings is 1. The van der Waals surface area contributed by atoms with Crippen molar-refractivity contribution in [3.63, 3.8) is 0 Å². The minimum atomic E-state index is -3.41. The zero-order valence-corrected chi connectivity index (χ0v) is 15.4. The van der Waals surface area contributed by atoms with Crippen LogP contribution in [0.4, 0.5) is 8.78 Å². The van der Waals surface area contributed by atoms with Crippen molar-refractivity contribution < 1.29 is 21.9 Å². The van der Waals surface area contributed by atoms with Gasteiger partial charge in [-0.2, -0.15) is 13.6 Å². The molecule has 8 nitrogen and oxygen atoms in total. The zero-order valence-electron chi connectivity index (χ0n) is 14.5. The van der Waals surface area contributed by atoms with E-state index in [9.17, 15) is 17.2 Å². The van der Waals surface area contributed by atoms with Gasteiger partial charge in [-0.1, -0.05) is 0 Å². The summed E-state index contributed by atoms with van der Waals surface area (Å²) in [4.78, 5) is 5.48. The third-order valence-corrected chi connectivity index (χ3v) is 5.85. The quantitative estimate of drug-likeness (QED) is 0.751. The molecule has 4 rings (SSSR count). The van der Waals surface area contributed by atoms with Gasteiger partial charge in [-0.05, 0) is 12.5 Å². The van der Waals surface area contributed by atoms with E-state index in [1.54, 1.807) is 0 Å². The lowest BCUT2D eigenvalue weighted by molar-refractivity contribution is -0.0536. The van der Waals surface area contributed by atoms with Crippen LogP contribution < -0.4 is 5.73 Å². The molecule has 2 aliphatic rings. The van der Waals surface area contributed by atoms with E-state index in [2.05, 4.69) is 15.0 Å². The smallest absolute Gasteiger partial charge is 0.250 e. The summed E-state index contributed by atoms with van der Waals surface area (Å²) >= 11 is 0. The van der Waals surface area contributed by atoms with Crippen LogP contribution in [0, 0.1) is 11.8 Å². The van der Waals surface area contributed by atoms with Gasteiger partial charge in [-0.25, -0.2) is 17.8 Å². The number of hydrogen-bond acceptors (Lipinski definition) is 7. The largest absolute Gasteiger partial charge is 0.370 e. The molecule has 2 aromatic rings. The lowest BCUT2D eigenvalue weighted by Crippen LogP contribution is -2.47. The van der Waals surface area contributed by atoms with Crippen molar-refractivity contribution in [2.45, 2.75) is 37.7 Å². The van der Waals surface area contributed by atoms with E-state index in [0.717, 1.165) is 28.2 Å². The number of hydrogen-bond donors (Lipinski definition) is 1. The van der Waals surface area contributed by atoms with Crippen LogP contribution in [0.1, 0.15) is 29.3 Å². The molecule has 2 N–H and O–H groups in total. The van der Waals surface area contributed by atoms with Crippen LogP contribution in [-0.2, 0) is 27.8 Å². The second-order valence-corrected chi connectivity index (χ2v) is 8.82.